The zero-order valence-corrected chi connectivity index (χ0v) is 13.5. The standard InChI is InChI=1S/C17H23N5/c1-13-4-5-14(2)15(10-13)21-6-8-22(9-7-21)17-11-16(18-3)19-12-20-17/h4-5,10-12H,6-9H2,1-3H3,(H,18,19,20). The third-order valence-corrected chi connectivity index (χ3v) is 4.22. The van der Waals surface area contributed by atoms with E-state index in [0.29, 0.717) is 0 Å². The minimum atomic E-state index is 0.863. The second kappa shape index (κ2) is 6.22. The predicted molar refractivity (Wildman–Crippen MR) is 91.9 cm³/mol. The maximum atomic E-state index is 4.40. The number of nitrogens with zero attached hydrogens (tertiary/aromatic N) is 4. The van der Waals surface area contributed by atoms with Crippen LogP contribution in [-0.2, 0) is 0 Å². The van der Waals surface area contributed by atoms with E-state index in [2.05, 4.69) is 57.1 Å². The van der Waals surface area contributed by atoms with E-state index in [1.807, 2.05) is 13.1 Å². The van der Waals surface area contributed by atoms with Crippen molar-refractivity contribution >= 4 is 17.3 Å². The quantitative estimate of drug-likeness (QED) is 0.943. The van der Waals surface area contributed by atoms with Gasteiger partial charge in [0.25, 0.3) is 0 Å². The molecule has 0 aliphatic carbocycles. The summed E-state index contributed by atoms with van der Waals surface area (Å²) in [4.78, 5) is 13.4. The Kier molecular flexibility index (Phi) is 4.13. The summed E-state index contributed by atoms with van der Waals surface area (Å²) < 4.78 is 0. The molecule has 5 nitrogen and oxygen atoms in total. The Morgan fingerprint density at radius 3 is 2.41 bits per heavy atom. The van der Waals surface area contributed by atoms with Gasteiger partial charge < -0.3 is 15.1 Å². The molecule has 1 aromatic carbocycles. The Bertz CT molecular complexity index is 647. The molecular weight excluding hydrogens is 274 g/mol. The van der Waals surface area contributed by atoms with Crippen LogP contribution < -0.4 is 15.1 Å². The van der Waals surface area contributed by atoms with Crippen LogP contribution >= 0.6 is 0 Å². The highest BCUT2D eigenvalue weighted by Crippen LogP contribution is 2.24. The van der Waals surface area contributed by atoms with Crippen molar-refractivity contribution in [3.05, 3.63) is 41.7 Å². The van der Waals surface area contributed by atoms with Crippen molar-refractivity contribution < 1.29 is 0 Å². The normalized spacial score (nSPS) is 15.0. The molecule has 0 saturated carbocycles. The Hall–Kier alpha value is -2.30. The number of rotatable bonds is 3. The molecule has 2 heterocycles. The molecule has 0 radical (unpaired) electrons. The van der Waals surface area contributed by atoms with Crippen LogP contribution in [0.1, 0.15) is 11.1 Å². The van der Waals surface area contributed by atoms with Crippen LogP contribution in [0, 0.1) is 13.8 Å². The Labute approximate surface area is 132 Å². The van der Waals surface area contributed by atoms with E-state index in [1.54, 1.807) is 6.33 Å². The smallest absolute Gasteiger partial charge is 0.134 e. The zero-order chi connectivity index (χ0) is 15.5. The van der Waals surface area contributed by atoms with Crippen LogP contribution in [0.2, 0.25) is 0 Å². The lowest BCUT2D eigenvalue weighted by molar-refractivity contribution is 0.645. The van der Waals surface area contributed by atoms with Gasteiger partial charge in [0.1, 0.15) is 18.0 Å². The molecule has 116 valence electrons. The summed E-state index contributed by atoms with van der Waals surface area (Å²) in [5.74, 6) is 1.86. The Balaban J connectivity index is 1.71. The first-order chi connectivity index (χ1) is 10.7. The SMILES string of the molecule is CNc1cc(N2CCN(c3cc(C)ccc3C)CC2)ncn1. The molecule has 2 aromatic rings. The van der Waals surface area contributed by atoms with Crippen molar-refractivity contribution in [3.8, 4) is 0 Å². The van der Waals surface area contributed by atoms with E-state index in [-0.39, 0.29) is 0 Å². The van der Waals surface area contributed by atoms with Gasteiger partial charge in [0, 0.05) is 45.0 Å². The van der Waals surface area contributed by atoms with Crippen LogP contribution in [0.3, 0.4) is 0 Å². The topological polar surface area (TPSA) is 44.3 Å². The number of hydrogen-bond donors (Lipinski definition) is 1. The fraction of sp³-hybridized carbons (Fsp3) is 0.412. The van der Waals surface area contributed by atoms with Gasteiger partial charge in [-0.05, 0) is 31.0 Å². The van der Waals surface area contributed by atoms with Crippen molar-refractivity contribution in [1.82, 2.24) is 9.97 Å². The summed E-state index contributed by atoms with van der Waals surface area (Å²) >= 11 is 0. The molecule has 1 N–H and O–H groups in total. The number of nitrogens with one attached hydrogen (secondary N) is 1. The molecule has 3 rings (SSSR count). The van der Waals surface area contributed by atoms with E-state index in [4.69, 9.17) is 0 Å². The molecule has 0 unspecified atom stereocenters. The van der Waals surface area contributed by atoms with E-state index in [9.17, 15) is 0 Å². The van der Waals surface area contributed by atoms with Crippen LogP contribution in [0.25, 0.3) is 0 Å². The summed E-state index contributed by atoms with van der Waals surface area (Å²) in [5.41, 5.74) is 4.02. The minimum absolute atomic E-state index is 0.863. The first kappa shape index (κ1) is 14.6. The van der Waals surface area contributed by atoms with E-state index in [1.165, 1.54) is 16.8 Å². The molecule has 0 bridgehead atoms. The average Bonchev–Trinajstić information content (AvgIpc) is 2.57. The summed E-state index contributed by atoms with van der Waals surface area (Å²) in [6.45, 7) is 8.33. The van der Waals surface area contributed by atoms with Gasteiger partial charge in [0.15, 0.2) is 0 Å². The average molecular weight is 297 g/mol. The Morgan fingerprint density at radius 2 is 1.68 bits per heavy atom. The number of piperazine rings is 1. The van der Waals surface area contributed by atoms with E-state index >= 15 is 0 Å². The highest BCUT2D eigenvalue weighted by Gasteiger charge is 2.19. The van der Waals surface area contributed by atoms with Crippen LogP contribution in [0.5, 0.6) is 0 Å². The van der Waals surface area contributed by atoms with Crippen molar-refractivity contribution in [1.29, 1.82) is 0 Å². The second-order valence-electron chi connectivity index (χ2n) is 5.78. The predicted octanol–water partition coefficient (Wildman–Crippen LogP) is 2.46. The number of hydrogen-bond acceptors (Lipinski definition) is 5. The summed E-state index contributed by atoms with van der Waals surface area (Å²) in [6.07, 6.45) is 1.62. The number of anilines is 3. The van der Waals surface area contributed by atoms with Gasteiger partial charge in [-0.15, -0.1) is 0 Å². The Morgan fingerprint density at radius 1 is 0.955 bits per heavy atom. The van der Waals surface area contributed by atoms with Gasteiger partial charge in [-0.3, -0.25) is 0 Å². The highest BCUT2D eigenvalue weighted by atomic mass is 15.3. The molecule has 0 atom stereocenters. The summed E-state index contributed by atoms with van der Waals surface area (Å²) in [7, 11) is 1.88. The summed E-state index contributed by atoms with van der Waals surface area (Å²) in [6, 6.07) is 8.68. The fourth-order valence-corrected chi connectivity index (χ4v) is 2.89. The molecule has 5 heteroatoms. The van der Waals surface area contributed by atoms with Gasteiger partial charge in [0.05, 0.1) is 0 Å². The zero-order valence-electron chi connectivity index (χ0n) is 13.5. The van der Waals surface area contributed by atoms with Gasteiger partial charge in [0.2, 0.25) is 0 Å². The van der Waals surface area contributed by atoms with Crippen LogP contribution in [-0.4, -0.2) is 43.2 Å². The van der Waals surface area contributed by atoms with Gasteiger partial charge >= 0.3 is 0 Å². The highest BCUT2D eigenvalue weighted by molar-refractivity contribution is 5.57. The largest absolute Gasteiger partial charge is 0.373 e. The summed E-state index contributed by atoms with van der Waals surface area (Å²) in [5, 5.41) is 3.07. The molecule has 1 aromatic heterocycles. The van der Waals surface area contributed by atoms with Gasteiger partial charge in [-0.25, -0.2) is 9.97 Å². The van der Waals surface area contributed by atoms with Gasteiger partial charge in [-0.2, -0.15) is 0 Å². The van der Waals surface area contributed by atoms with Crippen molar-refractivity contribution in [2.45, 2.75) is 13.8 Å². The van der Waals surface area contributed by atoms with Crippen LogP contribution in [0.4, 0.5) is 17.3 Å². The molecule has 0 spiro atoms. The molecule has 1 saturated heterocycles. The van der Waals surface area contributed by atoms with E-state index < -0.39 is 0 Å². The maximum Gasteiger partial charge on any atom is 0.134 e. The lowest BCUT2D eigenvalue weighted by atomic mass is 10.1. The molecule has 1 fully saturated rings. The molecule has 1 aliphatic rings. The van der Waals surface area contributed by atoms with Crippen molar-refractivity contribution in [2.24, 2.45) is 0 Å². The molecule has 22 heavy (non-hydrogen) atoms. The lowest BCUT2D eigenvalue weighted by Gasteiger charge is -2.37. The van der Waals surface area contributed by atoms with Crippen molar-refractivity contribution in [2.75, 3.05) is 48.3 Å². The molecule has 1 aliphatic heterocycles. The first-order valence-electron chi connectivity index (χ1n) is 7.74. The monoisotopic (exact) mass is 297 g/mol. The first-order valence-corrected chi connectivity index (χ1v) is 7.74. The third-order valence-electron chi connectivity index (χ3n) is 4.22. The lowest BCUT2D eigenvalue weighted by Crippen LogP contribution is -2.47. The second-order valence-corrected chi connectivity index (χ2v) is 5.78. The third kappa shape index (κ3) is 2.98. The van der Waals surface area contributed by atoms with Crippen LogP contribution in [0.15, 0.2) is 30.6 Å². The fourth-order valence-electron chi connectivity index (χ4n) is 2.89. The number of aromatic nitrogens is 2. The number of benzene rings is 1. The minimum Gasteiger partial charge on any atom is -0.373 e. The molecular formula is C17H23N5. The molecule has 0 amide bonds. The maximum absolute atomic E-state index is 4.40. The van der Waals surface area contributed by atoms with Crippen molar-refractivity contribution in [3.63, 3.8) is 0 Å². The van der Waals surface area contributed by atoms with Gasteiger partial charge in [-0.1, -0.05) is 12.1 Å². The van der Waals surface area contributed by atoms with E-state index in [0.717, 1.165) is 37.8 Å². The number of aryl methyl sites for hydroxylation is 2.